The molecule has 0 aromatic heterocycles. The Morgan fingerprint density at radius 1 is 1.26 bits per heavy atom. The lowest BCUT2D eigenvalue weighted by Crippen LogP contribution is -2.31. The van der Waals surface area contributed by atoms with Crippen LogP contribution in [0.25, 0.3) is 0 Å². The molecule has 4 nitrogen and oxygen atoms in total. The summed E-state index contributed by atoms with van der Waals surface area (Å²) < 4.78 is 10.8. The van der Waals surface area contributed by atoms with Gasteiger partial charge in [-0.2, -0.15) is 0 Å². The Bertz CT molecular complexity index is 409. The van der Waals surface area contributed by atoms with Gasteiger partial charge in [0.05, 0.1) is 0 Å². The van der Waals surface area contributed by atoms with Crippen LogP contribution in [-0.4, -0.2) is 31.8 Å². The van der Waals surface area contributed by atoms with Crippen LogP contribution in [0.3, 0.4) is 0 Å². The summed E-state index contributed by atoms with van der Waals surface area (Å²) in [6.07, 6.45) is 3.72. The molecule has 0 bridgehead atoms. The molecule has 0 radical (unpaired) electrons. The second-order valence-electron chi connectivity index (χ2n) is 5.05. The third-order valence-electron chi connectivity index (χ3n) is 3.65. The summed E-state index contributed by atoms with van der Waals surface area (Å²) in [7, 11) is 2.14. The first-order valence-electron chi connectivity index (χ1n) is 7.06. The lowest BCUT2D eigenvalue weighted by atomic mass is 10.0. The minimum Gasteiger partial charge on any atom is -0.454 e. The van der Waals surface area contributed by atoms with Gasteiger partial charge in [-0.15, -0.1) is 0 Å². The number of hydrogen-bond acceptors (Lipinski definition) is 4. The van der Waals surface area contributed by atoms with E-state index in [9.17, 15) is 0 Å². The smallest absolute Gasteiger partial charge is 0.231 e. The minimum atomic E-state index is 0.242. The van der Waals surface area contributed by atoms with E-state index in [1.807, 2.05) is 6.07 Å². The van der Waals surface area contributed by atoms with Crippen molar-refractivity contribution in [2.45, 2.75) is 32.2 Å². The summed E-state index contributed by atoms with van der Waals surface area (Å²) in [4.78, 5) is 2.33. The van der Waals surface area contributed by atoms with Crippen LogP contribution in [0.1, 0.15) is 37.8 Å². The van der Waals surface area contributed by atoms with Gasteiger partial charge in [-0.25, -0.2) is 0 Å². The van der Waals surface area contributed by atoms with Gasteiger partial charge in [-0.3, -0.25) is 4.90 Å². The molecule has 0 saturated heterocycles. The van der Waals surface area contributed by atoms with Gasteiger partial charge in [-0.05, 0) is 37.7 Å². The summed E-state index contributed by atoms with van der Waals surface area (Å²) in [6.45, 7) is 4.23. The van der Waals surface area contributed by atoms with Crippen molar-refractivity contribution in [3.8, 4) is 11.5 Å². The van der Waals surface area contributed by atoms with Crippen molar-refractivity contribution >= 4 is 0 Å². The molecule has 1 aliphatic heterocycles. The van der Waals surface area contributed by atoms with Gasteiger partial charge in [-0.1, -0.05) is 25.8 Å². The van der Waals surface area contributed by atoms with E-state index in [0.29, 0.717) is 13.3 Å². The maximum absolute atomic E-state index is 5.94. The highest BCUT2D eigenvalue weighted by molar-refractivity contribution is 5.45. The van der Waals surface area contributed by atoms with E-state index < -0.39 is 0 Å². The number of hydrogen-bond donors (Lipinski definition) is 1. The van der Waals surface area contributed by atoms with Gasteiger partial charge < -0.3 is 15.2 Å². The van der Waals surface area contributed by atoms with Crippen LogP contribution in [0, 0.1) is 0 Å². The van der Waals surface area contributed by atoms with Crippen molar-refractivity contribution in [3.63, 3.8) is 0 Å². The molecule has 0 saturated carbocycles. The lowest BCUT2D eigenvalue weighted by molar-refractivity contribution is 0.173. The van der Waals surface area contributed by atoms with E-state index in [1.54, 1.807) is 0 Å². The molecular weight excluding hydrogens is 240 g/mol. The van der Waals surface area contributed by atoms with E-state index in [0.717, 1.165) is 18.0 Å². The van der Waals surface area contributed by atoms with Crippen LogP contribution in [0.15, 0.2) is 18.2 Å². The summed E-state index contributed by atoms with van der Waals surface area (Å²) in [5.74, 6) is 1.66. The Morgan fingerprint density at radius 3 is 2.79 bits per heavy atom. The second kappa shape index (κ2) is 6.78. The molecule has 0 spiro atoms. The monoisotopic (exact) mass is 264 g/mol. The maximum atomic E-state index is 5.94. The van der Waals surface area contributed by atoms with Crippen LogP contribution in [0.4, 0.5) is 0 Å². The zero-order valence-corrected chi connectivity index (χ0v) is 11.9. The van der Waals surface area contributed by atoms with Crippen molar-refractivity contribution in [2.24, 2.45) is 5.73 Å². The number of fused-ring (bicyclic) bond motifs is 1. The first kappa shape index (κ1) is 14.2. The zero-order chi connectivity index (χ0) is 13.7. The highest BCUT2D eigenvalue weighted by atomic mass is 16.7. The average molecular weight is 264 g/mol. The number of benzene rings is 1. The molecule has 1 aliphatic rings. The fourth-order valence-corrected chi connectivity index (χ4v) is 2.46. The molecule has 4 heteroatoms. The Morgan fingerprint density at radius 2 is 2.05 bits per heavy atom. The zero-order valence-electron chi connectivity index (χ0n) is 11.9. The SMILES string of the molecule is CCCCCN(C)C(CN)c1ccc2c(c1)OCO2. The molecule has 2 N–H and O–H groups in total. The minimum absolute atomic E-state index is 0.242. The number of unbranched alkanes of at least 4 members (excludes halogenated alkanes) is 2. The van der Waals surface area contributed by atoms with E-state index >= 15 is 0 Å². The molecule has 0 aliphatic carbocycles. The highest BCUT2D eigenvalue weighted by Crippen LogP contribution is 2.35. The molecule has 0 amide bonds. The summed E-state index contributed by atoms with van der Waals surface area (Å²) in [6, 6.07) is 6.35. The number of nitrogens with two attached hydrogens (primary N) is 1. The second-order valence-corrected chi connectivity index (χ2v) is 5.05. The highest BCUT2D eigenvalue weighted by Gasteiger charge is 2.19. The Hall–Kier alpha value is -1.26. The molecule has 106 valence electrons. The van der Waals surface area contributed by atoms with E-state index in [1.165, 1.54) is 24.8 Å². The largest absolute Gasteiger partial charge is 0.454 e. The average Bonchev–Trinajstić information content (AvgIpc) is 2.87. The van der Waals surface area contributed by atoms with Crippen molar-refractivity contribution in [3.05, 3.63) is 23.8 Å². The van der Waals surface area contributed by atoms with E-state index in [-0.39, 0.29) is 6.04 Å². The van der Waals surface area contributed by atoms with E-state index in [4.69, 9.17) is 15.2 Å². The van der Waals surface area contributed by atoms with Crippen LogP contribution in [0.2, 0.25) is 0 Å². The third kappa shape index (κ3) is 3.39. The van der Waals surface area contributed by atoms with Gasteiger partial charge in [0.1, 0.15) is 0 Å². The first-order chi connectivity index (χ1) is 9.26. The molecule has 1 unspecified atom stereocenters. The summed E-state index contributed by atoms with van der Waals surface area (Å²) in [5.41, 5.74) is 7.14. The fourth-order valence-electron chi connectivity index (χ4n) is 2.46. The van der Waals surface area contributed by atoms with Crippen molar-refractivity contribution < 1.29 is 9.47 Å². The number of nitrogens with zero attached hydrogens (tertiary/aromatic N) is 1. The molecule has 1 atom stereocenters. The fraction of sp³-hybridized carbons (Fsp3) is 0.600. The first-order valence-corrected chi connectivity index (χ1v) is 7.06. The Labute approximate surface area is 115 Å². The van der Waals surface area contributed by atoms with Gasteiger partial charge in [0.15, 0.2) is 11.5 Å². The predicted molar refractivity (Wildman–Crippen MR) is 76.5 cm³/mol. The molecule has 2 rings (SSSR count). The van der Waals surface area contributed by atoms with Crippen LogP contribution in [0.5, 0.6) is 11.5 Å². The number of likely N-dealkylation sites (N-methyl/N-ethyl adjacent to an activating group) is 1. The summed E-state index contributed by atoms with van der Waals surface area (Å²) in [5, 5.41) is 0. The molecule has 1 heterocycles. The molecular formula is C15H24N2O2. The number of rotatable bonds is 7. The standard InChI is InChI=1S/C15H24N2O2/c1-3-4-5-8-17(2)13(10-16)12-6-7-14-15(9-12)19-11-18-14/h6-7,9,13H,3-5,8,10-11,16H2,1-2H3. The molecule has 19 heavy (non-hydrogen) atoms. The Balaban J connectivity index is 2.04. The van der Waals surface area contributed by atoms with Crippen LogP contribution >= 0.6 is 0 Å². The van der Waals surface area contributed by atoms with Gasteiger partial charge >= 0.3 is 0 Å². The van der Waals surface area contributed by atoms with Gasteiger partial charge in [0, 0.05) is 12.6 Å². The van der Waals surface area contributed by atoms with Crippen molar-refractivity contribution in [2.75, 3.05) is 26.9 Å². The van der Waals surface area contributed by atoms with E-state index in [2.05, 4.69) is 31.0 Å². The maximum Gasteiger partial charge on any atom is 0.231 e. The van der Waals surface area contributed by atoms with Crippen LogP contribution < -0.4 is 15.2 Å². The molecule has 0 fully saturated rings. The molecule has 1 aromatic carbocycles. The molecule has 1 aromatic rings. The van der Waals surface area contributed by atoms with Crippen molar-refractivity contribution in [1.29, 1.82) is 0 Å². The topological polar surface area (TPSA) is 47.7 Å². The van der Waals surface area contributed by atoms with Gasteiger partial charge in [0.2, 0.25) is 6.79 Å². The number of ether oxygens (including phenoxy) is 2. The lowest BCUT2D eigenvalue weighted by Gasteiger charge is -2.27. The van der Waals surface area contributed by atoms with Gasteiger partial charge in [0.25, 0.3) is 0 Å². The quantitative estimate of drug-likeness (QED) is 0.769. The summed E-state index contributed by atoms with van der Waals surface area (Å²) >= 11 is 0. The van der Waals surface area contributed by atoms with Crippen molar-refractivity contribution in [1.82, 2.24) is 4.90 Å². The Kier molecular flexibility index (Phi) is 5.05. The normalized spacial score (nSPS) is 14.9. The third-order valence-corrected chi connectivity index (χ3v) is 3.65. The predicted octanol–water partition coefficient (Wildman–Crippen LogP) is 2.54. The van der Waals surface area contributed by atoms with Crippen LogP contribution in [-0.2, 0) is 0 Å².